The van der Waals surface area contributed by atoms with Crippen molar-refractivity contribution in [1.82, 2.24) is 19.4 Å². The summed E-state index contributed by atoms with van der Waals surface area (Å²) in [6.07, 6.45) is 5.00. The Balaban J connectivity index is 1.63. The molecule has 1 aromatic carbocycles. The van der Waals surface area contributed by atoms with E-state index in [0.29, 0.717) is 24.5 Å². The number of fused-ring (bicyclic) bond motifs is 1. The van der Waals surface area contributed by atoms with Crippen molar-refractivity contribution in [3.8, 4) is 0 Å². The van der Waals surface area contributed by atoms with Crippen molar-refractivity contribution < 1.29 is 9.59 Å². The molecule has 6 nitrogen and oxygen atoms in total. The van der Waals surface area contributed by atoms with Crippen LogP contribution >= 0.6 is 0 Å². The maximum atomic E-state index is 13.4. The van der Waals surface area contributed by atoms with Crippen LogP contribution in [-0.4, -0.2) is 44.2 Å². The average Bonchev–Trinajstić information content (AvgIpc) is 3.12. The maximum absolute atomic E-state index is 13.4. The molecular weight excluding hydrogens is 352 g/mol. The monoisotopic (exact) mass is 376 g/mol. The standard InChI is InChI=1S/C22H24N4O2/c1-14-6-7-19-17(11-14)18(12-15(2)24-19)22(28)26-9-4-5-16(13-26)20(27)21-23-8-10-25(21)3/h6-8,10-12,16H,4-5,9,13H2,1-3H3/t16-/m1/s1. The molecule has 6 heteroatoms. The zero-order valence-electron chi connectivity index (χ0n) is 16.5. The minimum Gasteiger partial charge on any atom is -0.338 e. The van der Waals surface area contributed by atoms with Gasteiger partial charge in [-0.15, -0.1) is 0 Å². The lowest BCUT2D eigenvalue weighted by Crippen LogP contribution is -2.42. The molecule has 3 aromatic rings. The Hall–Kier alpha value is -3.02. The van der Waals surface area contributed by atoms with Gasteiger partial charge in [-0.3, -0.25) is 14.6 Å². The fourth-order valence-electron chi connectivity index (χ4n) is 3.98. The number of likely N-dealkylation sites (tertiary alicyclic amines) is 1. The van der Waals surface area contributed by atoms with Gasteiger partial charge < -0.3 is 9.47 Å². The van der Waals surface area contributed by atoms with Crippen molar-refractivity contribution in [3.63, 3.8) is 0 Å². The second kappa shape index (κ2) is 7.19. The third-order valence-electron chi connectivity index (χ3n) is 5.44. The lowest BCUT2D eigenvalue weighted by Gasteiger charge is -2.32. The number of piperidine rings is 1. The van der Waals surface area contributed by atoms with E-state index in [2.05, 4.69) is 9.97 Å². The molecule has 0 N–H and O–H groups in total. The SMILES string of the molecule is Cc1ccc2nc(C)cc(C(=O)N3CCC[C@@H](C(=O)c4nccn4C)C3)c2c1. The number of amides is 1. The van der Waals surface area contributed by atoms with Crippen LogP contribution in [0.25, 0.3) is 10.9 Å². The van der Waals surface area contributed by atoms with Crippen LogP contribution in [0, 0.1) is 19.8 Å². The molecule has 1 aliphatic heterocycles. The molecule has 28 heavy (non-hydrogen) atoms. The van der Waals surface area contributed by atoms with Crippen molar-refractivity contribution in [3.05, 3.63) is 59.3 Å². The van der Waals surface area contributed by atoms with E-state index in [0.717, 1.165) is 35.0 Å². The van der Waals surface area contributed by atoms with E-state index in [-0.39, 0.29) is 17.6 Å². The minimum absolute atomic E-state index is 0.0108. The summed E-state index contributed by atoms with van der Waals surface area (Å²) < 4.78 is 1.74. The molecule has 1 aliphatic rings. The van der Waals surface area contributed by atoms with E-state index in [1.54, 1.807) is 17.0 Å². The number of pyridine rings is 1. The Labute approximate surface area is 164 Å². The topological polar surface area (TPSA) is 68.1 Å². The molecule has 0 radical (unpaired) electrons. The zero-order chi connectivity index (χ0) is 19.8. The van der Waals surface area contributed by atoms with Gasteiger partial charge in [0.2, 0.25) is 5.78 Å². The highest BCUT2D eigenvalue weighted by Crippen LogP contribution is 2.25. The van der Waals surface area contributed by atoms with Crippen LogP contribution in [0.4, 0.5) is 0 Å². The molecule has 4 rings (SSSR count). The van der Waals surface area contributed by atoms with Gasteiger partial charge in [-0.1, -0.05) is 11.6 Å². The van der Waals surface area contributed by atoms with Gasteiger partial charge in [0.1, 0.15) is 0 Å². The first-order valence-electron chi connectivity index (χ1n) is 9.63. The zero-order valence-corrected chi connectivity index (χ0v) is 16.5. The molecule has 0 unspecified atom stereocenters. The molecule has 1 saturated heterocycles. The largest absolute Gasteiger partial charge is 0.338 e. The number of benzene rings is 1. The molecule has 1 fully saturated rings. The van der Waals surface area contributed by atoms with Crippen LogP contribution in [0.5, 0.6) is 0 Å². The third kappa shape index (κ3) is 3.30. The molecule has 2 aromatic heterocycles. The van der Waals surface area contributed by atoms with E-state index in [9.17, 15) is 9.59 Å². The van der Waals surface area contributed by atoms with E-state index >= 15 is 0 Å². The van der Waals surface area contributed by atoms with Gasteiger partial charge in [-0.2, -0.15) is 0 Å². The molecule has 0 saturated carbocycles. The molecule has 1 atom stereocenters. The minimum atomic E-state index is -0.213. The van der Waals surface area contributed by atoms with Gasteiger partial charge in [0.15, 0.2) is 5.82 Å². The van der Waals surface area contributed by atoms with E-state index in [1.807, 2.05) is 50.1 Å². The third-order valence-corrected chi connectivity index (χ3v) is 5.44. The number of hydrogen-bond acceptors (Lipinski definition) is 4. The van der Waals surface area contributed by atoms with Crippen molar-refractivity contribution in [1.29, 1.82) is 0 Å². The number of Topliss-reactive ketones (excluding diaryl/α,β-unsaturated/α-hetero) is 1. The Kier molecular flexibility index (Phi) is 4.71. The molecule has 144 valence electrons. The summed E-state index contributed by atoms with van der Waals surface area (Å²) >= 11 is 0. The fraction of sp³-hybridized carbons (Fsp3) is 0.364. The second-order valence-electron chi connectivity index (χ2n) is 7.65. The Morgan fingerprint density at radius 2 is 2.00 bits per heavy atom. The number of aryl methyl sites for hydroxylation is 3. The quantitative estimate of drug-likeness (QED) is 0.658. The fourth-order valence-corrected chi connectivity index (χ4v) is 3.98. The Bertz CT molecular complexity index is 1070. The normalized spacial score (nSPS) is 17.1. The van der Waals surface area contributed by atoms with E-state index < -0.39 is 0 Å². The van der Waals surface area contributed by atoms with Crippen LogP contribution < -0.4 is 0 Å². The predicted molar refractivity (Wildman–Crippen MR) is 107 cm³/mol. The summed E-state index contributed by atoms with van der Waals surface area (Å²) in [5, 5.41) is 0.869. The second-order valence-corrected chi connectivity index (χ2v) is 7.65. The van der Waals surface area contributed by atoms with Crippen molar-refractivity contribution in [2.24, 2.45) is 13.0 Å². The van der Waals surface area contributed by atoms with Crippen LogP contribution in [0.15, 0.2) is 36.7 Å². The number of ketones is 1. The maximum Gasteiger partial charge on any atom is 0.254 e. The predicted octanol–water partition coefficient (Wildman–Crippen LogP) is 3.32. The van der Waals surface area contributed by atoms with Gasteiger partial charge in [-0.25, -0.2) is 4.98 Å². The molecule has 0 spiro atoms. The first-order chi connectivity index (χ1) is 13.4. The lowest BCUT2D eigenvalue weighted by molar-refractivity contribution is 0.0634. The first kappa shape index (κ1) is 18.3. The summed E-state index contributed by atoms with van der Waals surface area (Å²) in [7, 11) is 1.82. The van der Waals surface area contributed by atoms with Crippen LogP contribution in [0.3, 0.4) is 0 Å². The number of carbonyl (C=O) groups is 2. The summed E-state index contributed by atoms with van der Waals surface area (Å²) in [5.41, 5.74) is 3.40. The smallest absolute Gasteiger partial charge is 0.254 e. The van der Waals surface area contributed by atoms with Crippen LogP contribution in [0.2, 0.25) is 0 Å². The number of carbonyl (C=O) groups excluding carboxylic acids is 2. The average molecular weight is 376 g/mol. The Morgan fingerprint density at radius 1 is 1.18 bits per heavy atom. The number of aromatic nitrogens is 3. The highest BCUT2D eigenvalue weighted by molar-refractivity contribution is 6.06. The number of imidazole rings is 1. The van der Waals surface area contributed by atoms with Gasteiger partial charge in [0.25, 0.3) is 5.91 Å². The molecule has 1 amide bonds. The summed E-state index contributed by atoms with van der Waals surface area (Å²) in [6.45, 7) is 5.01. The van der Waals surface area contributed by atoms with E-state index in [4.69, 9.17) is 0 Å². The molecule has 0 aliphatic carbocycles. The highest BCUT2D eigenvalue weighted by atomic mass is 16.2. The molecule has 3 heterocycles. The Morgan fingerprint density at radius 3 is 2.75 bits per heavy atom. The highest BCUT2D eigenvalue weighted by Gasteiger charge is 2.31. The molecule has 0 bridgehead atoms. The molecular formula is C22H24N4O2. The van der Waals surface area contributed by atoms with Crippen molar-refractivity contribution in [2.75, 3.05) is 13.1 Å². The van der Waals surface area contributed by atoms with Gasteiger partial charge in [-0.05, 0) is 44.9 Å². The first-order valence-corrected chi connectivity index (χ1v) is 9.63. The van der Waals surface area contributed by atoms with E-state index in [1.165, 1.54) is 0 Å². The van der Waals surface area contributed by atoms with Gasteiger partial charge in [0, 0.05) is 49.5 Å². The summed E-state index contributed by atoms with van der Waals surface area (Å²) in [5.74, 6) is 0.227. The van der Waals surface area contributed by atoms with Crippen molar-refractivity contribution >= 4 is 22.6 Å². The summed E-state index contributed by atoms with van der Waals surface area (Å²) in [6, 6.07) is 7.83. The summed E-state index contributed by atoms with van der Waals surface area (Å²) in [4.78, 5) is 36.8. The van der Waals surface area contributed by atoms with Crippen molar-refractivity contribution in [2.45, 2.75) is 26.7 Å². The van der Waals surface area contributed by atoms with Crippen LogP contribution in [0.1, 0.15) is 45.1 Å². The number of hydrogen-bond donors (Lipinski definition) is 0. The van der Waals surface area contributed by atoms with Gasteiger partial charge in [0.05, 0.1) is 11.1 Å². The van der Waals surface area contributed by atoms with Gasteiger partial charge >= 0.3 is 0 Å². The number of nitrogens with zero attached hydrogens (tertiary/aromatic N) is 4. The number of rotatable bonds is 3. The lowest BCUT2D eigenvalue weighted by atomic mass is 9.92. The van der Waals surface area contributed by atoms with Crippen LogP contribution in [-0.2, 0) is 7.05 Å².